The van der Waals surface area contributed by atoms with Crippen molar-refractivity contribution in [3.05, 3.63) is 112 Å². The van der Waals surface area contributed by atoms with E-state index in [2.05, 4.69) is 57.5 Å². The van der Waals surface area contributed by atoms with Gasteiger partial charge in [-0.15, -0.1) is 0 Å². The van der Waals surface area contributed by atoms with Crippen LogP contribution in [0.4, 0.5) is 26.3 Å². The number of phenolic OH excluding ortho intramolecular Hbond substituents is 1. The van der Waals surface area contributed by atoms with E-state index in [1.807, 2.05) is 18.2 Å². The van der Waals surface area contributed by atoms with Crippen molar-refractivity contribution in [2.24, 2.45) is 28.4 Å². The third-order valence-corrected chi connectivity index (χ3v) is 14.1. The molecule has 4 aromatic carbocycles. The zero-order valence-corrected chi connectivity index (χ0v) is 47.6. The monoisotopic (exact) mass is 1190 g/mol. The van der Waals surface area contributed by atoms with Gasteiger partial charge in [0.15, 0.2) is 0 Å². The van der Waals surface area contributed by atoms with Crippen LogP contribution in [0.25, 0.3) is 11.1 Å². The third kappa shape index (κ3) is 26.8. The van der Waals surface area contributed by atoms with E-state index in [1.54, 1.807) is 24.3 Å². The minimum Gasteiger partial charge on any atom is -0.507 e. The molecule has 2 saturated carbocycles. The lowest BCUT2D eigenvalue weighted by Gasteiger charge is -2.37. The number of nitrogens with two attached hydrogens (primary N) is 1. The van der Waals surface area contributed by atoms with E-state index < -0.39 is 58.4 Å². The summed E-state index contributed by atoms with van der Waals surface area (Å²) in [6, 6.07) is 21.1. The van der Waals surface area contributed by atoms with Gasteiger partial charge >= 0.3 is 31.4 Å². The van der Waals surface area contributed by atoms with E-state index in [9.17, 15) is 49.1 Å². The molecule has 0 atom stereocenters. The fourth-order valence-corrected chi connectivity index (χ4v) is 9.74. The Kier molecular flexibility index (Phi) is 28.1. The molecule has 78 heavy (non-hydrogen) atoms. The average molecular weight is 1190 g/mol. The molecular weight excluding hydrogens is 1120 g/mol. The number of aryl methyl sites for hydroxylation is 1. The van der Waals surface area contributed by atoms with Crippen LogP contribution in [-0.2, 0) is 42.7 Å². The van der Waals surface area contributed by atoms with Gasteiger partial charge < -0.3 is 35.8 Å². The van der Waals surface area contributed by atoms with Gasteiger partial charge in [-0.1, -0.05) is 112 Å². The summed E-state index contributed by atoms with van der Waals surface area (Å²) in [5.41, 5.74) is 6.55. The highest BCUT2D eigenvalue weighted by atomic mass is 79.9. The number of benzene rings is 4. The molecule has 7 N–H and O–H groups in total. The van der Waals surface area contributed by atoms with Crippen molar-refractivity contribution in [3.8, 4) is 22.6 Å². The molecule has 0 bridgehead atoms. The second kappa shape index (κ2) is 31.7. The zero-order valence-electron chi connectivity index (χ0n) is 45.2. The van der Waals surface area contributed by atoms with E-state index in [4.69, 9.17) is 40.0 Å². The van der Waals surface area contributed by atoms with Crippen LogP contribution in [0.1, 0.15) is 146 Å². The summed E-state index contributed by atoms with van der Waals surface area (Å²) < 4.78 is 111. The zero-order chi connectivity index (χ0) is 59.2. The molecule has 434 valence electrons. The molecule has 0 spiro atoms. The molecule has 0 radical (unpaired) electrons. The van der Waals surface area contributed by atoms with Gasteiger partial charge in [0.1, 0.15) is 17.8 Å². The normalized spacial score (nSPS) is 17.7. The first-order chi connectivity index (χ1) is 36.0. The van der Waals surface area contributed by atoms with Crippen LogP contribution in [0.5, 0.6) is 11.5 Å². The predicted octanol–water partition coefficient (Wildman–Crippen LogP) is 12.5. The number of carbonyl (C=O) groups is 3. The van der Waals surface area contributed by atoms with Gasteiger partial charge in [0.05, 0.1) is 36.0 Å². The summed E-state index contributed by atoms with van der Waals surface area (Å²) in [6.07, 6.45) is 2.01. The van der Waals surface area contributed by atoms with Crippen LogP contribution in [0.15, 0.2) is 89.4 Å². The molecule has 2 aliphatic rings. The second-order valence-electron chi connectivity index (χ2n) is 21.4. The van der Waals surface area contributed by atoms with Gasteiger partial charge in [-0.25, -0.2) is 0 Å². The van der Waals surface area contributed by atoms with Crippen LogP contribution < -0.4 is 15.9 Å². The summed E-state index contributed by atoms with van der Waals surface area (Å²) in [5, 5.41) is 42.8. The maximum absolute atomic E-state index is 13.9. The Bertz CT molecular complexity index is 2610. The number of carboxylic acid groups (broad SMARTS) is 2. The Morgan fingerprint density at radius 2 is 1.22 bits per heavy atom. The third-order valence-electron chi connectivity index (χ3n) is 13.0. The number of aliphatic carboxylic acids is 2. The van der Waals surface area contributed by atoms with Crippen LogP contribution in [0.3, 0.4) is 0 Å². The van der Waals surface area contributed by atoms with Gasteiger partial charge in [0, 0.05) is 23.0 Å². The summed E-state index contributed by atoms with van der Waals surface area (Å²) in [4.78, 5) is 30.4. The van der Waals surface area contributed by atoms with Crippen LogP contribution in [0.2, 0.25) is 0 Å². The maximum Gasteiger partial charge on any atom is 0.488 e. The molecule has 0 heterocycles. The number of unbranched alkanes of at least 4 members (excludes halogenated alkanes) is 1. The molecular formula is C56H75BBrF6NO12S. The number of ether oxygens (including phenoxy) is 1. The van der Waals surface area contributed by atoms with E-state index in [0.29, 0.717) is 65.0 Å². The summed E-state index contributed by atoms with van der Waals surface area (Å²) in [5.74, 6) is -1.26. The van der Waals surface area contributed by atoms with Gasteiger partial charge in [0.2, 0.25) is 0 Å². The van der Waals surface area contributed by atoms with E-state index in [0.717, 1.165) is 75.3 Å². The van der Waals surface area contributed by atoms with Crippen molar-refractivity contribution >= 4 is 56.9 Å². The van der Waals surface area contributed by atoms with Gasteiger partial charge in [-0.2, -0.15) is 34.8 Å². The lowest BCUT2D eigenvalue weighted by Crippen LogP contribution is -2.30. The number of aromatic hydroxyl groups is 1. The minimum atomic E-state index is -4.51. The van der Waals surface area contributed by atoms with Crippen molar-refractivity contribution < 1.29 is 83.4 Å². The SMILES string of the molecule is CC(C)(C)C1CCC(OS(C)(=O)=O)CC1.CC(C)(C)C1CCC(Oc2ccc(-c3cccc(CCCCC(=O)O)c3)cc2C(F)(F)F)CC1.NCCC(=O)O.O=Cc1cccc(B(O)O)c1.Oc1ccc(Br)cc1C(F)(F)F. The fraction of sp³-hybridized carbons (Fsp3) is 0.518. The number of hydrogen-bond donors (Lipinski definition) is 6. The average Bonchev–Trinajstić information content (AvgIpc) is 3.33. The molecule has 6 rings (SSSR count). The van der Waals surface area contributed by atoms with Crippen molar-refractivity contribution in [3.63, 3.8) is 0 Å². The highest BCUT2D eigenvalue weighted by Gasteiger charge is 2.37. The minimum absolute atomic E-state index is 0.0694. The Balaban J connectivity index is 0.000000388. The molecule has 0 aliphatic heterocycles. The second-order valence-corrected chi connectivity index (χ2v) is 23.9. The number of halogens is 7. The first-order valence-corrected chi connectivity index (χ1v) is 28.1. The number of rotatable bonds is 14. The van der Waals surface area contributed by atoms with Crippen LogP contribution in [0, 0.1) is 22.7 Å². The molecule has 0 aromatic heterocycles. The fourth-order valence-electron chi connectivity index (χ4n) is 8.70. The maximum atomic E-state index is 13.9. The molecule has 0 amide bonds. The molecule has 0 unspecified atom stereocenters. The Labute approximate surface area is 463 Å². The number of hydrogen-bond acceptors (Lipinski definition) is 11. The molecule has 2 fully saturated rings. The molecule has 22 heteroatoms. The number of phenols is 1. The van der Waals surface area contributed by atoms with Crippen molar-refractivity contribution in [1.82, 2.24) is 0 Å². The summed E-state index contributed by atoms with van der Waals surface area (Å²) >= 11 is 2.88. The van der Waals surface area contributed by atoms with E-state index in [-0.39, 0.29) is 47.2 Å². The summed E-state index contributed by atoms with van der Waals surface area (Å²) in [6.45, 7) is 13.6. The number of carbonyl (C=O) groups excluding carboxylic acids is 1. The van der Waals surface area contributed by atoms with Crippen LogP contribution in [-0.4, -0.2) is 84.1 Å². The Hall–Kier alpha value is -5.00. The quantitative estimate of drug-likeness (QED) is 0.0227. The standard InChI is InChI=1S/C28H35F3O3.C11H22O3S.C7H7BO3.C7H4BrF3O.C3H7NO2/c1-27(2,3)22-12-14-23(15-13-22)34-25-16-11-21(18-24(25)28(29,30)31)20-9-6-8-19(17-20)7-4-5-10-26(32)33;1-11(2,3)9-5-7-10(8-6-9)14-15(4,12)13;9-5-6-2-1-3-7(4-6)8(10)11;8-4-1-2-6(12)5(3-4)7(9,10)11;4-2-1-3(5)6/h6,8-9,11,16-18,22-23H,4-5,7,10,12-15H2,1-3H3,(H,32,33);9-10H,5-8H2,1-4H3;1-5,10-11H;1-3,12H;1-2,4H2,(H,5,6). The van der Waals surface area contributed by atoms with Gasteiger partial charge in [-0.05, 0) is 146 Å². The Morgan fingerprint density at radius 1 is 0.692 bits per heavy atom. The van der Waals surface area contributed by atoms with Gasteiger partial charge in [0.25, 0.3) is 10.1 Å². The lowest BCUT2D eigenvalue weighted by atomic mass is 9.72. The van der Waals surface area contributed by atoms with E-state index >= 15 is 0 Å². The highest BCUT2D eigenvalue weighted by molar-refractivity contribution is 9.10. The molecule has 0 saturated heterocycles. The van der Waals surface area contributed by atoms with Crippen molar-refractivity contribution in [1.29, 1.82) is 0 Å². The highest BCUT2D eigenvalue weighted by Crippen LogP contribution is 2.43. The first kappa shape index (κ1) is 69.1. The first-order valence-electron chi connectivity index (χ1n) is 25.5. The topological polar surface area (TPSA) is 231 Å². The predicted molar refractivity (Wildman–Crippen MR) is 293 cm³/mol. The van der Waals surface area contributed by atoms with Crippen molar-refractivity contribution in [2.75, 3.05) is 12.8 Å². The Morgan fingerprint density at radius 3 is 1.67 bits per heavy atom. The number of aldehydes is 1. The molecule has 4 aromatic rings. The lowest BCUT2D eigenvalue weighted by molar-refractivity contribution is -0.140. The van der Waals surface area contributed by atoms with E-state index in [1.165, 1.54) is 30.3 Å². The molecule has 13 nitrogen and oxygen atoms in total. The number of carboxylic acids is 2. The van der Waals surface area contributed by atoms with Gasteiger partial charge in [-0.3, -0.25) is 18.6 Å². The largest absolute Gasteiger partial charge is 0.507 e. The number of alkyl halides is 6. The van der Waals surface area contributed by atoms with Crippen molar-refractivity contribution in [2.45, 2.75) is 150 Å². The summed E-state index contributed by atoms with van der Waals surface area (Å²) in [7, 11) is -4.78. The smallest absolute Gasteiger partial charge is 0.488 e. The van der Waals surface area contributed by atoms with Crippen LogP contribution >= 0.6 is 15.9 Å². The molecule has 2 aliphatic carbocycles.